The Hall–Kier alpha value is -2.86. The SMILES string of the molecule is CC(C)(C)N(C(=O)c1ccccc1)N(C([O])=O)C(=O)c1ccc(Cl)cc1. The highest BCUT2D eigenvalue weighted by atomic mass is 35.5. The number of carbonyl (C=O) groups excluding carboxylic acids is 3. The second kappa shape index (κ2) is 7.58. The van der Waals surface area contributed by atoms with Gasteiger partial charge in [-0.2, -0.15) is 0 Å². The zero-order valence-corrected chi connectivity index (χ0v) is 15.4. The van der Waals surface area contributed by atoms with E-state index >= 15 is 0 Å². The molecule has 7 heteroatoms. The molecule has 0 aromatic heterocycles. The number of nitrogens with zero attached hydrogens (tertiary/aromatic N) is 2. The molecule has 0 fully saturated rings. The van der Waals surface area contributed by atoms with E-state index in [0.29, 0.717) is 10.0 Å². The molecule has 6 nitrogen and oxygen atoms in total. The predicted molar refractivity (Wildman–Crippen MR) is 96.1 cm³/mol. The third kappa shape index (κ3) is 4.21. The van der Waals surface area contributed by atoms with Gasteiger partial charge in [-0.3, -0.25) is 9.59 Å². The van der Waals surface area contributed by atoms with Crippen molar-refractivity contribution < 1.29 is 19.5 Å². The van der Waals surface area contributed by atoms with Crippen molar-refractivity contribution in [2.75, 3.05) is 0 Å². The first-order valence-corrected chi connectivity index (χ1v) is 8.21. The van der Waals surface area contributed by atoms with Gasteiger partial charge in [-0.05, 0) is 57.2 Å². The smallest absolute Gasteiger partial charge is 0.267 e. The van der Waals surface area contributed by atoms with Crippen molar-refractivity contribution in [1.29, 1.82) is 0 Å². The second-order valence-corrected chi connectivity index (χ2v) is 6.98. The number of carbonyl (C=O) groups is 3. The minimum Gasteiger partial charge on any atom is -0.267 e. The quantitative estimate of drug-likeness (QED) is 0.740. The summed E-state index contributed by atoms with van der Waals surface area (Å²) < 4.78 is 0. The van der Waals surface area contributed by atoms with E-state index in [1.165, 1.54) is 24.3 Å². The van der Waals surface area contributed by atoms with Crippen LogP contribution in [0.4, 0.5) is 4.79 Å². The van der Waals surface area contributed by atoms with E-state index in [-0.39, 0.29) is 11.1 Å². The van der Waals surface area contributed by atoms with Gasteiger partial charge < -0.3 is 0 Å². The number of imide groups is 1. The second-order valence-electron chi connectivity index (χ2n) is 6.54. The fraction of sp³-hybridized carbons (Fsp3) is 0.211. The fourth-order valence-corrected chi connectivity index (χ4v) is 2.49. The Morgan fingerprint density at radius 2 is 1.31 bits per heavy atom. The molecule has 0 heterocycles. The van der Waals surface area contributed by atoms with E-state index in [4.69, 9.17) is 11.6 Å². The lowest BCUT2D eigenvalue weighted by Gasteiger charge is -2.40. The van der Waals surface area contributed by atoms with Crippen LogP contribution in [0, 0.1) is 0 Å². The minimum atomic E-state index is -1.80. The molecule has 0 unspecified atom stereocenters. The summed E-state index contributed by atoms with van der Waals surface area (Å²) in [7, 11) is 0. The highest BCUT2D eigenvalue weighted by molar-refractivity contribution is 6.30. The molecular formula is C19H18ClN2O4. The molecule has 2 aromatic rings. The molecule has 0 aliphatic heterocycles. The van der Waals surface area contributed by atoms with Crippen molar-refractivity contribution in [1.82, 2.24) is 10.0 Å². The highest BCUT2D eigenvalue weighted by Gasteiger charge is 2.40. The third-order valence-corrected chi connectivity index (χ3v) is 3.76. The van der Waals surface area contributed by atoms with Gasteiger partial charge in [0.2, 0.25) is 0 Å². The number of amides is 3. The molecule has 2 rings (SSSR count). The van der Waals surface area contributed by atoms with Gasteiger partial charge >= 0.3 is 6.09 Å². The normalized spacial score (nSPS) is 10.9. The molecular weight excluding hydrogens is 356 g/mol. The van der Waals surface area contributed by atoms with Crippen molar-refractivity contribution in [3.05, 3.63) is 70.7 Å². The maximum atomic E-state index is 12.9. The summed E-state index contributed by atoms with van der Waals surface area (Å²) in [5, 5.41) is 13.4. The molecule has 2 aromatic carbocycles. The lowest BCUT2D eigenvalue weighted by molar-refractivity contribution is -0.0381. The lowest BCUT2D eigenvalue weighted by Crippen LogP contribution is -2.59. The third-order valence-electron chi connectivity index (χ3n) is 3.50. The van der Waals surface area contributed by atoms with Crippen molar-refractivity contribution in [2.45, 2.75) is 26.3 Å². The van der Waals surface area contributed by atoms with Gasteiger partial charge in [-0.15, -0.1) is 5.01 Å². The molecule has 3 amide bonds. The molecule has 26 heavy (non-hydrogen) atoms. The predicted octanol–water partition coefficient (Wildman–Crippen LogP) is 4.19. The molecule has 0 saturated heterocycles. The largest absolute Gasteiger partial charge is 0.479 e. The summed E-state index contributed by atoms with van der Waals surface area (Å²) in [6.07, 6.45) is -1.80. The molecule has 0 aliphatic carbocycles. The lowest BCUT2D eigenvalue weighted by atomic mass is 10.1. The minimum absolute atomic E-state index is 0.0636. The summed E-state index contributed by atoms with van der Waals surface area (Å²) in [4.78, 5) is 37.5. The van der Waals surface area contributed by atoms with Crippen LogP contribution in [0.2, 0.25) is 5.02 Å². The molecule has 1 radical (unpaired) electrons. The van der Waals surface area contributed by atoms with Gasteiger partial charge in [0.25, 0.3) is 11.8 Å². The van der Waals surface area contributed by atoms with Gasteiger partial charge in [-0.1, -0.05) is 29.8 Å². The number of hydrogen-bond donors (Lipinski definition) is 0. The fourth-order valence-electron chi connectivity index (χ4n) is 2.37. The maximum Gasteiger partial charge on any atom is 0.479 e. The van der Waals surface area contributed by atoms with Gasteiger partial charge in [0.1, 0.15) is 0 Å². The summed E-state index contributed by atoms with van der Waals surface area (Å²) in [5.41, 5.74) is -0.693. The van der Waals surface area contributed by atoms with Crippen LogP contribution in [-0.2, 0) is 5.11 Å². The number of rotatable bonds is 2. The molecule has 0 N–H and O–H groups in total. The summed E-state index contributed by atoms with van der Waals surface area (Å²) >= 11 is 5.81. The Kier molecular flexibility index (Phi) is 5.67. The van der Waals surface area contributed by atoms with Crippen molar-refractivity contribution >= 4 is 29.5 Å². The van der Waals surface area contributed by atoms with E-state index < -0.39 is 23.4 Å². The Labute approximate surface area is 156 Å². The van der Waals surface area contributed by atoms with Crippen molar-refractivity contribution in [3.8, 4) is 0 Å². The molecule has 0 aliphatic rings. The van der Waals surface area contributed by atoms with E-state index in [9.17, 15) is 19.5 Å². The van der Waals surface area contributed by atoms with E-state index in [2.05, 4.69) is 0 Å². The average Bonchev–Trinajstić information content (AvgIpc) is 2.58. The topological polar surface area (TPSA) is 77.6 Å². The zero-order chi connectivity index (χ0) is 19.5. The Bertz CT molecular complexity index is 814. The first kappa shape index (κ1) is 19.5. The summed E-state index contributed by atoms with van der Waals surface area (Å²) in [5.74, 6) is -1.54. The van der Waals surface area contributed by atoms with Crippen LogP contribution in [-0.4, -0.2) is 33.5 Å². The summed E-state index contributed by atoms with van der Waals surface area (Å²) in [6, 6.07) is 13.8. The summed E-state index contributed by atoms with van der Waals surface area (Å²) in [6.45, 7) is 4.87. The average molecular weight is 374 g/mol. The number of hydrogen-bond acceptors (Lipinski definition) is 3. The molecule has 0 saturated carbocycles. The zero-order valence-electron chi connectivity index (χ0n) is 14.6. The molecule has 0 bridgehead atoms. The van der Waals surface area contributed by atoms with E-state index in [1.807, 2.05) is 0 Å². The van der Waals surface area contributed by atoms with Crippen LogP contribution in [0.3, 0.4) is 0 Å². The van der Waals surface area contributed by atoms with Gasteiger partial charge in [0, 0.05) is 16.1 Å². The van der Waals surface area contributed by atoms with Gasteiger partial charge in [-0.25, -0.2) is 14.9 Å². The van der Waals surface area contributed by atoms with E-state index in [1.54, 1.807) is 51.1 Å². The first-order valence-electron chi connectivity index (χ1n) is 7.83. The van der Waals surface area contributed by atoms with Gasteiger partial charge in [0.15, 0.2) is 0 Å². The van der Waals surface area contributed by atoms with Crippen LogP contribution >= 0.6 is 11.6 Å². The number of halogens is 1. The van der Waals surface area contributed by atoms with Crippen molar-refractivity contribution in [3.63, 3.8) is 0 Å². The van der Waals surface area contributed by atoms with Crippen LogP contribution < -0.4 is 0 Å². The Morgan fingerprint density at radius 3 is 1.77 bits per heavy atom. The van der Waals surface area contributed by atoms with Crippen molar-refractivity contribution in [2.24, 2.45) is 0 Å². The number of hydrazine groups is 1. The first-order chi connectivity index (χ1) is 12.1. The van der Waals surface area contributed by atoms with Crippen LogP contribution in [0.25, 0.3) is 0 Å². The molecule has 0 spiro atoms. The monoisotopic (exact) mass is 373 g/mol. The Balaban J connectivity index is 2.51. The van der Waals surface area contributed by atoms with Crippen LogP contribution in [0.15, 0.2) is 54.6 Å². The number of benzene rings is 2. The van der Waals surface area contributed by atoms with E-state index in [0.717, 1.165) is 5.01 Å². The van der Waals surface area contributed by atoms with Crippen LogP contribution in [0.5, 0.6) is 0 Å². The molecule has 135 valence electrons. The molecule has 0 atom stereocenters. The Morgan fingerprint density at radius 1 is 0.808 bits per heavy atom. The standard InChI is InChI=1S/C19H18ClN2O4/c1-19(2,3)22(17(24)13-7-5-4-6-8-13)21(18(25)26)16(23)14-9-11-15(20)12-10-14/h4-12H,1-3H3. The maximum absolute atomic E-state index is 12.9. The van der Waals surface area contributed by atoms with Gasteiger partial charge in [0.05, 0.1) is 5.54 Å². The highest BCUT2D eigenvalue weighted by Crippen LogP contribution is 2.23. The van der Waals surface area contributed by atoms with Crippen LogP contribution in [0.1, 0.15) is 41.5 Å².